The van der Waals surface area contributed by atoms with Crippen LogP contribution in [0.15, 0.2) is 141 Å². The second kappa shape index (κ2) is 20.9. The number of ether oxygens (including phenoxy) is 2. The van der Waals surface area contributed by atoms with E-state index in [-0.39, 0.29) is 43.9 Å². The van der Waals surface area contributed by atoms with Gasteiger partial charge in [-0.3, -0.25) is 15.0 Å². The number of nitrogens with one attached hydrogen (secondary N) is 3. The van der Waals surface area contributed by atoms with Crippen LogP contribution < -0.4 is 11.1 Å². The van der Waals surface area contributed by atoms with Crippen LogP contribution in [0.25, 0.3) is 43.4 Å². The van der Waals surface area contributed by atoms with E-state index in [0.29, 0.717) is 77.3 Å². The van der Waals surface area contributed by atoms with E-state index in [2.05, 4.69) is 25.7 Å². The van der Waals surface area contributed by atoms with Crippen LogP contribution in [0.1, 0.15) is 67.2 Å². The molecule has 4 heterocycles. The molecule has 6 aromatic carbocycles. The topological polar surface area (TPSA) is 240 Å². The predicted octanol–water partition coefficient (Wildman–Crippen LogP) is 10.1. The molecular formula is C54H60N8O9S2. The fourth-order valence-electron chi connectivity index (χ4n) is 8.60. The van der Waals surface area contributed by atoms with E-state index in [1.165, 1.54) is 0 Å². The van der Waals surface area contributed by atoms with Gasteiger partial charge in [-0.05, 0) is 114 Å². The van der Waals surface area contributed by atoms with Gasteiger partial charge in [-0.2, -0.15) is 10.2 Å². The number of anilines is 2. The SMILES string of the molecule is CC(C)(C)OC(=O)N1CCC(=O)CC1.CC(C)(C)OC(=O)N1CCC(Nc2ccc3n[nH]c(S(=O)(=O)c4cccc5ccccc45)c3c2)CC1.Nc1ccc2n[nH]c(S(=O)(=O)c3cccc4ccccc34)c2c1. The maximum Gasteiger partial charge on any atom is 0.410 e. The first-order chi connectivity index (χ1) is 34.6. The molecular weight excluding hydrogens is 969 g/mol. The molecule has 0 saturated carbocycles. The number of Topliss-reactive ketones (excluding diaryl/α,β-unsaturated/α-hetero) is 1. The van der Waals surface area contributed by atoms with Crippen molar-refractivity contribution in [2.75, 3.05) is 37.2 Å². The number of benzene rings is 6. The largest absolute Gasteiger partial charge is 0.444 e. The number of nitrogens with zero attached hydrogens (tertiary/aromatic N) is 4. The number of nitrogen functional groups attached to an aromatic ring is 1. The standard InChI is InChI=1S/C27H30N4O4S.C17H13N3O2S.C10H17NO3/c1-27(2,3)35-26(32)31-15-13-19(14-16-31)28-20-11-12-23-22(17-20)25(30-29-23)36(33,34)24-10-6-8-18-7-4-5-9-21(18)24;18-12-8-9-15-14(10-12)17(20-19-15)23(21,22)16-7-3-5-11-4-1-2-6-13(11)16;1-10(2,3)14-9(13)11-6-4-8(12)5-7-11/h4-12,17,19,28H,13-16H2,1-3H3,(H,29,30);1-10H,18H2,(H,19,20);4-7H2,1-3H3. The molecule has 0 aliphatic carbocycles. The van der Waals surface area contributed by atoms with Gasteiger partial charge in [0.1, 0.15) is 17.0 Å². The van der Waals surface area contributed by atoms with Gasteiger partial charge in [-0.25, -0.2) is 26.4 Å². The monoisotopic (exact) mass is 1030 g/mol. The number of piperidine rings is 2. The Labute approximate surface area is 424 Å². The van der Waals surface area contributed by atoms with Gasteiger partial charge in [0.25, 0.3) is 0 Å². The molecule has 5 N–H and O–H groups in total. The van der Waals surface area contributed by atoms with Gasteiger partial charge in [-0.15, -0.1) is 0 Å². The molecule has 2 saturated heterocycles. The maximum absolute atomic E-state index is 13.7. The molecule has 19 heteroatoms. The third-order valence-electron chi connectivity index (χ3n) is 12.2. The highest BCUT2D eigenvalue weighted by atomic mass is 32.2. The lowest BCUT2D eigenvalue weighted by Crippen LogP contribution is -2.44. The smallest absolute Gasteiger partial charge is 0.410 e. The average molecular weight is 1030 g/mol. The summed E-state index contributed by atoms with van der Waals surface area (Å²) in [5.74, 6) is 0.227. The van der Waals surface area contributed by atoms with Crippen LogP contribution in [-0.2, 0) is 33.9 Å². The van der Waals surface area contributed by atoms with E-state index in [1.54, 1.807) is 58.3 Å². The van der Waals surface area contributed by atoms with Crippen molar-refractivity contribution in [3.8, 4) is 0 Å². The first-order valence-electron chi connectivity index (χ1n) is 24.0. The minimum atomic E-state index is -3.83. The first kappa shape index (κ1) is 51.8. The molecule has 382 valence electrons. The van der Waals surface area contributed by atoms with Crippen LogP contribution in [0.3, 0.4) is 0 Å². The lowest BCUT2D eigenvalue weighted by Gasteiger charge is -2.34. The number of rotatable bonds is 6. The average Bonchev–Trinajstić information content (AvgIpc) is 3.99. The highest BCUT2D eigenvalue weighted by Gasteiger charge is 2.30. The number of sulfone groups is 2. The van der Waals surface area contributed by atoms with Crippen LogP contribution in [0, 0.1) is 0 Å². The Kier molecular flexibility index (Phi) is 14.8. The molecule has 8 aromatic rings. The molecule has 0 bridgehead atoms. The van der Waals surface area contributed by atoms with Crippen molar-refractivity contribution in [3.05, 3.63) is 121 Å². The summed E-state index contributed by atoms with van der Waals surface area (Å²) in [5.41, 5.74) is 7.27. The van der Waals surface area contributed by atoms with E-state index < -0.39 is 30.9 Å². The molecule has 0 radical (unpaired) electrons. The number of carbonyl (C=O) groups excluding carboxylic acids is 3. The van der Waals surface area contributed by atoms with E-state index in [4.69, 9.17) is 15.2 Å². The van der Waals surface area contributed by atoms with E-state index in [9.17, 15) is 31.2 Å². The van der Waals surface area contributed by atoms with Crippen LogP contribution in [-0.4, -0.2) is 108 Å². The zero-order valence-electron chi connectivity index (χ0n) is 41.6. The number of ketones is 1. The van der Waals surface area contributed by atoms with E-state index in [0.717, 1.165) is 29.3 Å². The van der Waals surface area contributed by atoms with Gasteiger partial charge in [0.15, 0.2) is 10.1 Å². The second-order valence-corrected chi connectivity index (χ2v) is 23.7. The summed E-state index contributed by atoms with van der Waals surface area (Å²) in [4.78, 5) is 38.6. The minimum absolute atomic E-state index is 0.0659. The van der Waals surface area contributed by atoms with Crippen molar-refractivity contribution >= 4 is 92.4 Å². The zero-order chi connectivity index (χ0) is 52.3. The lowest BCUT2D eigenvalue weighted by molar-refractivity contribution is -0.121. The number of nitrogens with two attached hydrogens (primary N) is 1. The Morgan fingerprint density at radius 1 is 0.589 bits per heavy atom. The fourth-order valence-corrected chi connectivity index (χ4v) is 11.7. The number of hydrogen-bond donors (Lipinski definition) is 4. The van der Waals surface area contributed by atoms with Crippen molar-refractivity contribution in [1.82, 2.24) is 30.2 Å². The van der Waals surface area contributed by atoms with Gasteiger partial charge in [-0.1, -0.05) is 72.8 Å². The highest BCUT2D eigenvalue weighted by Crippen LogP contribution is 2.34. The molecule has 0 atom stereocenters. The number of likely N-dealkylation sites (tertiary alicyclic amines) is 2. The van der Waals surface area contributed by atoms with Crippen molar-refractivity contribution in [2.45, 2.75) is 104 Å². The van der Waals surface area contributed by atoms with Crippen LogP contribution in [0.5, 0.6) is 0 Å². The van der Waals surface area contributed by atoms with Gasteiger partial charge < -0.3 is 30.3 Å². The molecule has 0 unspecified atom stereocenters. The summed E-state index contributed by atoms with van der Waals surface area (Å²) in [6, 6.07) is 36.1. The minimum Gasteiger partial charge on any atom is -0.444 e. The Bertz CT molecular complexity index is 3550. The molecule has 0 spiro atoms. The van der Waals surface area contributed by atoms with Gasteiger partial charge in [0, 0.05) is 78.0 Å². The molecule has 73 heavy (non-hydrogen) atoms. The number of H-pyrrole nitrogens is 2. The molecule has 17 nitrogen and oxygen atoms in total. The van der Waals surface area contributed by atoms with Crippen molar-refractivity contribution in [2.24, 2.45) is 0 Å². The van der Waals surface area contributed by atoms with Crippen molar-refractivity contribution in [1.29, 1.82) is 0 Å². The number of aromatic amines is 2. The summed E-state index contributed by atoms with van der Waals surface area (Å²) in [5, 5.41) is 21.5. The van der Waals surface area contributed by atoms with Gasteiger partial charge >= 0.3 is 12.2 Å². The second-order valence-electron chi connectivity index (χ2n) is 20.0. The normalized spacial score (nSPS) is 14.8. The van der Waals surface area contributed by atoms with Crippen molar-refractivity contribution < 1.29 is 40.7 Å². The lowest BCUT2D eigenvalue weighted by atomic mass is 10.0. The Hall–Kier alpha value is -7.51. The predicted molar refractivity (Wildman–Crippen MR) is 282 cm³/mol. The molecule has 2 aliphatic rings. The quantitative estimate of drug-likeness (QED) is 0.114. The molecule has 2 fully saturated rings. The number of hydrogen-bond acceptors (Lipinski definition) is 13. The summed E-state index contributed by atoms with van der Waals surface area (Å²) in [7, 11) is -7.57. The fraction of sp³-hybridized carbons (Fsp3) is 0.315. The van der Waals surface area contributed by atoms with Crippen molar-refractivity contribution in [3.63, 3.8) is 0 Å². The van der Waals surface area contributed by atoms with E-state index in [1.807, 2.05) is 114 Å². The van der Waals surface area contributed by atoms with Crippen LogP contribution in [0.4, 0.5) is 21.0 Å². The Morgan fingerprint density at radius 3 is 1.52 bits per heavy atom. The van der Waals surface area contributed by atoms with Gasteiger partial charge in [0.05, 0.1) is 20.8 Å². The molecule has 2 aromatic heterocycles. The third-order valence-corrected chi connectivity index (χ3v) is 15.7. The number of amides is 2. The third kappa shape index (κ3) is 12.1. The molecule has 2 amide bonds. The summed E-state index contributed by atoms with van der Waals surface area (Å²) in [6.07, 6.45) is 1.85. The summed E-state index contributed by atoms with van der Waals surface area (Å²) in [6.45, 7) is 13.3. The number of fused-ring (bicyclic) bond motifs is 4. The first-order valence-corrected chi connectivity index (χ1v) is 27.0. The Morgan fingerprint density at radius 2 is 1.03 bits per heavy atom. The summed E-state index contributed by atoms with van der Waals surface area (Å²) >= 11 is 0. The zero-order valence-corrected chi connectivity index (χ0v) is 43.3. The van der Waals surface area contributed by atoms with Gasteiger partial charge in [0.2, 0.25) is 19.7 Å². The maximum atomic E-state index is 13.7. The number of carbonyl (C=O) groups is 3. The molecule has 10 rings (SSSR count). The number of aromatic nitrogens is 4. The highest BCUT2D eigenvalue weighted by molar-refractivity contribution is 7.92. The van der Waals surface area contributed by atoms with E-state index >= 15 is 0 Å². The van der Waals surface area contributed by atoms with Crippen LogP contribution in [0.2, 0.25) is 0 Å². The Balaban J connectivity index is 0.000000163. The van der Waals surface area contributed by atoms with Crippen LogP contribution >= 0.6 is 0 Å². The summed E-state index contributed by atoms with van der Waals surface area (Å²) < 4.78 is 64.3. The molecule has 2 aliphatic heterocycles.